The number of methoxy groups -OCH3 is 1. The highest BCUT2D eigenvalue weighted by Gasteiger charge is 2.01. The molecule has 0 saturated heterocycles. The van der Waals surface area contributed by atoms with Gasteiger partial charge in [0, 0.05) is 4.99 Å². The second-order valence-electron chi connectivity index (χ2n) is 2.50. The van der Waals surface area contributed by atoms with Crippen LogP contribution in [0.4, 0.5) is 0 Å². The first-order valence-electron chi connectivity index (χ1n) is 3.98. The average Bonchev–Trinajstić information content (AvgIpc) is 2.22. The van der Waals surface area contributed by atoms with Crippen LogP contribution in [0, 0.1) is 3.57 Å². The van der Waals surface area contributed by atoms with Gasteiger partial charge in [-0.05, 0) is 34.7 Å². The Hall–Kier alpha value is -0.230. The highest BCUT2D eigenvalue weighted by molar-refractivity contribution is 14.1. The Balaban J connectivity index is 2.58. The summed E-state index contributed by atoms with van der Waals surface area (Å²) in [6, 6.07) is 7.86. The van der Waals surface area contributed by atoms with Crippen LogP contribution >= 0.6 is 38.5 Å². The molecule has 0 aromatic heterocycles. The number of hydrogen-bond donors (Lipinski definition) is 0. The lowest BCUT2D eigenvalue weighted by molar-refractivity contribution is 0.219. The molecule has 2 nitrogen and oxygen atoms in total. The Morgan fingerprint density at radius 3 is 2.79 bits per heavy atom. The molecule has 0 aliphatic heterocycles. The Kier molecular flexibility index (Phi) is 5.32. The van der Waals surface area contributed by atoms with Gasteiger partial charge in [-0.15, -0.1) is 0 Å². The molecule has 1 rings (SSSR count). The third-order valence-corrected chi connectivity index (χ3v) is 2.99. The quantitative estimate of drug-likeness (QED) is 0.597. The van der Waals surface area contributed by atoms with Crippen molar-refractivity contribution in [2.24, 2.45) is 0 Å². The lowest BCUT2D eigenvalue weighted by atomic mass is 10.3. The van der Waals surface area contributed by atoms with Gasteiger partial charge in [0.25, 0.3) is 0 Å². The van der Waals surface area contributed by atoms with Crippen molar-refractivity contribution in [1.29, 1.82) is 0 Å². The molecule has 0 N–H and O–H groups in total. The van der Waals surface area contributed by atoms with Gasteiger partial charge in [0.05, 0.1) is 10.7 Å². The zero-order valence-corrected chi connectivity index (χ0v) is 11.4. The predicted octanol–water partition coefficient (Wildman–Crippen LogP) is 3.55. The van der Waals surface area contributed by atoms with E-state index < -0.39 is 0 Å². The summed E-state index contributed by atoms with van der Waals surface area (Å²) in [4.78, 5) is 1.71. The van der Waals surface area contributed by atoms with Crippen LogP contribution in [0.15, 0.2) is 35.0 Å². The summed E-state index contributed by atoms with van der Waals surface area (Å²) < 4.78 is 11.7. The van der Waals surface area contributed by atoms with Crippen LogP contribution in [0.25, 0.3) is 0 Å². The molecule has 76 valence electrons. The van der Waals surface area contributed by atoms with Crippen LogP contribution in [0.5, 0.6) is 5.75 Å². The number of benzene rings is 1. The van der Waals surface area contributed by atoms with Crippen molar-refractivity contribution in [2.45, 2.75) is 0 Å². The van der Waals surface area contributed by atoms with Crippen LogP contribution in [0.1, 0.15) is 0 Å². The van der Waals surface area contributed by atoms with Crippen molar-refractivity contribution in [3.05, 3.63) is 38.6 Å². The lowest BCUT2D eigenvalue weighted by Crippen LogP contribution is -2.03. The molecule has 0 radical (unpaired) electrons. The molecule has 0 fully saturated rings. The molecular formula is C10H10BrIO2. The fraction of sp³-hybridized carbons (Fsp3) is 0.200. The summed E-state index contributed by atoms with van der Waals surface area (Å²) in [5.74, 6) is 1.63. The Morgan fingerprint density at radius 2 is 2.21 bits per heavy atom. The third kappa shape index (κ3) is 3.49. The first-order chi connectivity index (χ1) is 6.77. The average molecular weight is 369 g/mol. The zero-order valence-electron chi connectivity index (χ0n) is 7.67. The summed E-state index contributed by atoms with van der Waals surface area (Å²) in [5, 5.41) is 0. The monoisotopic (exact) mass is 368 g/mol. The first-order valence-corrected chi connectivity index (χ1v) is 5.98. The standard InChI is InChI=1S/C10H10BrIO2/c1-13-8(6-11)7-14-10-5-3-2-4-9(10)12/h2-6H,7H2,1H3/b8-6-. The maximum atomic E-state index is 5.55. The SMILES string of the molecule is CO/C(=C\Br)COc1ccccc1I. The lowest BCUT2D eigenvalue weighted by Gasteiger charge is -2.09. The normalized spacial score (nSPS) is 11.2. The van der Waals surface area contributed by atoms with Crippen molar-refractivity contribution in [2.75, 3.05) is 13.7 Å². The van der Waals surface area contributed by atoms with Crippen LogP contribution in [0.2, 0.25) is 0 Å². The minimum Gasteiger partial charge on any atom is -0.497 e. The Bertz CT molecular complexity index is 326. The van der Waals surface area contributed by atoms with Crippen LogP contribution in [0.3, 0.4) is 0 Å². The van der Waals surface area contributed by atoms with Gasteiger partial charge in [-0.25, -0.2) is 0 Å². The largest absolute Gasteiger partial charge is 0.497 e. The van der Waals surface area contributed by atoms with E-state index in [2.05, 4.69) is 38.5 Å². The van der Waals surface area contributed by atoms with Crippen molar-refractivity contribution < 1.29 is 9.47 Å². The van der Waals surface area contributed by atoms with Crippen molar-refractivity contribution >= 4 is 38.5 Å². The predicted molar refractivity (Wildman–Crippen MR) is 68.7 cm³/mol. The second-order valence-corrected chi connectivity index (χ2v) is 4.12. The number of ether oxygens (including phenoxy) is 2. The molecule has 4 heteroatoms. The van der Waals surface area contributed by atoms with Gasteiger partial charge in [-0.1, -0.05) is 28.1 Å². The summed E-state index contributed by atoms with van der Waals surface area (Å²) in [6.07, 6.45) is 0. The van der Waals surface area contributed by atoms with Gasteiger partial charge >= 0.3 is 0 Å². The second kappa shape index (κ2) is 6.29. The van der Waals surface area contributed by atoms with Crippen LogP contribution in [-0.4, -0.2) is 13.7 Å². The maximum absolute atomic E-state index is 5.55. The summed E-state index contributed by atoms with van der Waals surface area (Å²) >= 11 is 5.43. The smallest absolute Gasteiger partial charge is 0.146 e. The van der Waals surface area contributed by atoms with Crippen molar-refractivity contribution in [3.8, 4) is 5.75 Å². The van der Waals surface area contributed by atoms with Gasteiger partial charge in [0.2, 0.25) is 0 Å². The molecule has 0 amide bonds. The van der Waals surface area contributed by atoms with Gasteiger partial charge in [-0.3, -0.25) is 0 Å². The van der Waals surface area contributed by atoms with E-state index in [0.717, 1.165) is 15.1 Å². The molecule has 0 atom stereocenters. The van der Waals surface area contributed by atoms with Gasteiger partial charge < -0.3 is 9.47 Å². The molecule has 0 heterocycles. The molecule has 0 unspecified atom stereocenters. The summed E-state index contributed by atoms with van der Waals surface area (Å²) in [6.45, 7) is 0.432. The van der Waals surface area contributed by atoms with E-state index in [-0.39, 0.29) is 0 Å². The fourth-order valence-corrected chi connectivity index (χ4v) is 1.71. The van der Waals surface area contributed by atoms with E-state index in [1.54, 1.807) is 12.1 Å². The minimum absolute atomic E-state index is 0.432. The molecule has 0 aliphatic carbocycles. The number of rotatable bonds is 4. The van der Waals surface area contributed by atoms with E-state index >= 15 is 0 Å². The van der Waals surface area contributed by atoms with E-state index in [1.165, 1.54) is 0 Å². The fourth-order valence-electron chi connectivity index (χ4n) is 0.846. The van der Waals surface area contributed by atoms with E-state index in [1.807, 2.05) is 24.3 Å². The summed E-state index contributed by atoms with van der Waals surface area (Å²) in [5.41, 5.74) is 0. The number of halogens is 2. The topological polar surface area (TPSA) is 18.5 Å². The van der Waals surface area contributed by atoms with E-state index in [9.17, 15) is 0 Å². The van der Waals surface area contributed by atoms with Gasteiger partial charge in [-0.2, -0.15) is 0 Å². The van der Waals surface area contributed by atoms with Crippen molar-refractivity contribution in [3.63, 3.8) is 0 Å². The van der Waals surface area contributed by atoms with Gasteiger partial charge in [0.15, 0.2) is 0 Å². The van der Waals surface area contributed by atoms with E-state index in [4.69, 9.17) is 9.47 Å². The molecule has 0 bridgehead atoms. The Labute approximate surface area is 106 Å². The molecule has 0 spiro atoms. The minimum atomic E-state index is 0.432. The highest BCUT2D eigenvalue weighted by atomic mass is 127. The van der Waals surface area contributed by atoms with Gasteiger partial charge in [0.1, 0.15) is 18.1 Å². The molecule has 1 aromatic rings. The Morgan fingerprint density at radius 1 is 1.50 bits per heavy atom. The molecule has 1 aromatic carbocycles. The van der Waals surface area contributed by atoms with E-state index in [0.29, 0.717) is 6.61 Å². The molecule has 0 saturated carbocycles. The first kappa shape index (κ1) is 11.8. The third-order valence-electron chi connectivity index (χ3n) is 1.59. The number of para-hydroxylation sites is 1. The highest BCUT2D eigenvalue weighted by Crippen LogP contribution is 2.20. The molecule has 14 heavy (non-hydrogen) atoms. The maximum Gasteiger partial charge on any atom is 0.146 e. The summed E-state index contributed by atoms with van der Waals surface area (Å²) in [7, 11) is 1.62. The molecule has 0 aliphatic rings. The zero-order chi connectivity index (χ0) is 10.4. The van der Waals surface area contributed by atoms with Crippen LogP contribution in [-0.2, 0) is 4.74 Å². The number of hydrogen-bond acceptors (Lipinski definition) is 2. The molecular weight excluding hydrogens is 359 g/mol. The van der Waals surface area contributed by atoms with Crippen LogP contribution < -0.4 is 4.74 Å². The van der Waals surface area contributed by atoms with Crippen molar-refractivity contribution in [1.82, 2.24) is 0 Å².